The molecule has 0 radical (unpaired) electrons. The van der Waals surface area contributed by atoms with Crippen molar-refractivity contribution >= 4 is 15.9 Å². The van der Waals surface area contributed by atoms with Crippen LogP contribution in [0, 0.1) is 0 Å². The van der Waals surface area contributed by atoms with Crippen molar-refractivity contribution in [3.05, 3.63) is 28.6 Å². The van der Waals surface area contributed by atoms with Crippen molar-refractivity contribution in [2.24, 2.45) is 0 Å². The SMILES string of the molecule is Brc1cccnc1-c1n[nH]c(C2CCCC2)n1. The summed E-state index contributed by atoms with van der Waals surface area (Å²) in [7, 11) is 0. The van der Waals surface area contributed by atoms with E-state index in [1.165, 1.54) is 25.7 Å². The zero-order valence-electron chi connectivity index (χ0n) is 9.36. The van der Waals surface area contributed by atoms with E-state index in [2.05, 4.69) is 36.1 Å². The average Bonchev–Trinajstić information content (AvgIpc) is 3.00. The van der Waals surface area contributed by atoms with Gasteiger partial charge in [-0.1, -0.05) is 12.8 Å². The third-order valence-electron chi connectivity index (χ3n) is 3.21. The van der Waals surface area contributed by atoms with Gasteiger partial charge in [-0.25, -0.2) is 4.98 Å². The molecule has 0 aromatic carbocycles. The Balaban J connectivity index is 1.92. The number of rotatable bonds is 2. The van der Waals surface area contributed by atoms with E-state index in [1.54, 1.807) is 6.20 Å². The van der Waals surface area contributed by atoms with Gasteiger partial charge in [-0.3, -0.25) is 10.1 Å². The summed E-state index contributed by atoms with van der Waals surface area (Å²) in [5.41, 5.74) is 0.799. The molecule has 0 saturated heterocycles. The van der Waals surface area contributed by atoms with Crippen molar-refractivity contribution in [1.29, 1.82) is 0 Å². The predicted octanol–water partition coefficient (Wildman–Crippen LogP) is 3.29. The van der Waals surface area contributed by atoms with Crippen molar-refractivity contribution in [2.45, 2.75) is 31.6 Å². The van der Waals surface area contributed by atoms with Gasteiger partial charge in [0, 0.05) is 16.6 Å². The standard InChI is InChI=1S/C12H13BrN4/c13-9-6-3-7-14-10(9)12-15-11(16-17-12)8-4-1-2-5-8/h3,6-8H,1-2,4-5H2,(H,15,16,17). The fraction of sp³-hybridized carbons (Fsp3) is 0.417. The van der Waals surface area contributed by atoms with Crippen LogP contribution in [0.25, 0.3) is 11.5 Å². The van der Waals surface area contributed by atoms with Gasteiger partial charge in [0.05, 0.1) is 0 Å². The maximum atomic E-state index is 4.56. The van der Waals surface area contributed by atoms with E-state index in [-0.39, 0.29) is 0 Å². The molecular weight excluding hydrogens is 280 g/mol. The molecule has 0 unspecified atom stereocenters. The Morgan fingerprint density at radius 2 is 2.12 bits per heavy atom. The molecule has 3 rings (SSSR count). The molecule has 5 heteroatoms. The highest BCUT2D eigenvalue weighted by atomic mass is 79.9. The fourth-order valence-electron chi connectivity index (χ4n) is 2.31. The van der Waals surface area contributed by atoms with E-state index in [4.69, 9.17) is 0 Å². The van der Waals surface area contributed by atoms with Crippen molar-refractivity contribution in [3.8, 4) is 11.5 Å². The molecule has 1 aliphatic rings. The molecular formula is C12H13BrN4. The van der Waals surface area contributed by atoms with Crippen molar-refractivity contribution in [2.75, 3.05) is 0 Å². The number of nitrogens with zero attached hydrogens (tertiary/aromatic N) is 3. The molecule has 0 aliphatic heterocycles. The summed E-state index contributed by atoms with van der Waals surface area (Å²) in [5, 5.41) is 7.31. The molecule has 1 saturated carbocycles. The molecule has 1 fully saturated rings. The highest BCUT2D eigenvalue weighted by Gasteiger charge is 2.21. The van der Waals surface area contributed by atoms with Crippen molar-refractivity contribution in [3.63, 3.8) is 0 Å². The summed E-state index contributed by atoms with van der Waals surface area (Å²) in [4.78, 5) is 8.86. The van der Waals surface area contributed by atoms with Gasteiger partial charge >= 0.3 is 0 Å². The Labute approximate surface area is 108 Å². The minimum Gasteiger partial charge on any atom is -0.262 e. The number of pyridine rings is 1. The lowest BCUT2D eigenvalue weighted by molar-refractivity contribution is 0.672. The van der Waals surface area contributed by atoms with E-state index < -0.39 is 0 Å². The molecule has 0 atom stereocenters. The molecule has 17 heavy (non-hydrogen) atoms. The molecule has 0 bridgehead atoms. The maximum Gasteiger partial charge on any atom is 0.200 e. The lowest BCUT2D eigenvalue weighted by Gasteiger charge is -2.02. The molecule has 0 spiro atoms. The largest absolute Gasteiger partial charge is 0.262 e. The highest BCUT2D eigenvalue weighted by molar-refractivity contribution is 9.10. The molecule has 4 nitrogen and oxygen atoms in total. The van der Waals surface area contributed by atoms with Crippen LogP contribution in [0.2, 0.25) is 0 Å². The van der Waals surface area contributed by atoms with E-state index in [0.717, 1.165) is 16.0 Å². The predicted molar refractivity (Wildman–Crippen MR) is 68.5 cm³/mol. The lowest BCUT2D eigenvalue weighted by atomic mass is 10.1. The molecule has 88 valence electrons. The summed E-state index contributed by atoms with van der Waals surface area (Å²) in [6.45, 7) is 0. The second-order valence-corrected chi connectivity index (χ2v) is 5.21. The molecule has 2 heterocycles. The summed E-state index contributed by atoms with van der Waals surface area (Å²) in [5.74, 6) is 2.24. The first kappa shape index (κ1) is 10.9. The molecule has 2 aromatic heterocycles. The van der Waals surface area contributed by atoms with Gasteiger partial charge in [-0.15, -0.1) is 0 Å². The molecule has 1 N–H and O–H groups in total. The van der Waals surface area contributed by atoms with Crippen LogP contribution >= 0.6 is 15.9 Å². The van der Waals surface area contributed by atoms with E-state index in [9.17, 15) is 0 Å². The Morgan fingerprint density at radius 1 is 1.29 bits per heavy atom. The first-order valence-corrected chi connectivity index (χ1v) is 6.67. The van der Waals surface area contributed by atoms with E-state index in [0.29, 0.717) is 11.7 Å². The average molecular weight is 293 g/mol. The second-order valence-electron chi connectivity index (χ2n) is 4.36. The van der Waals surface area contributed by atoms with Crippen LogP contribution in [0.4, 0.5) is 0 Å². The van der Waals surface area contributed by atoms with Gasteiger partial charge in [-0.05, 0) is 40.9 Å². The minimum atomic E-state index is 0.554. The van der Waals surface area contributed by atoms with Gasteiger partial charge in [-0.2, -0.15) is 5.10 Å². The van der Waals surface area contributed by atoms with Gasteiger partial charge in [0.1, 0.15) is 11.5 Å². The van der Waals surface area contributed by atoms with Gasteiger partial charge < -0.3 is 0 Å². The van der Waals surface area contributed by atoms with Gasteiger partial charge in [0.25, 0.3) is 0 Å². The van der Waals surface area contributed by atoms with Gasteiger partial charge in [0.15, 0.2) is 0 Å². The van der Waals surface area contributed by atoms with Crippen LogP contribution in [-0.4, -0.2) is 20.2 Å². The molecule has 1 aliphatic carbocycles. The lowest BCUT2D eigenvalue weighted by Crippen LogP contribution is -1.94. The Bertz CT molecular complexity index is 517. The molecule has 0 amide bonds. The van der Waals surface area contributed by atoms with E-state index >= 15 is 0 Å². The van der Waals surface area contributed by atoms with Crippen LogP contribution in [0.1, 0.15) is 37.4 Å². The third kappa shape index (κ3) is 2.11. The summed E-state index contributed by atoms with van der Waals surface area (Å²) in [6, 6.07) is 3.84. The topological polar surface area (TPSA) is 54.5 Å². The zero-order chi connectivity index (χ0) is 11.7. The number of halogens is 1. The number of nitrogens with one attached hydrogen (secondary N) is 1. The number of aromatic amines is 1. The number of H-pyrrole nitrogens is 1. The number of hydrogen-bond acceptors (Lipinski definition) is 3. The normalized spacial score (nSPS) is 16.5. The summed E-state index contributed by atoms with van der Waals surface area (Å²) in [6.07, 6.45) is 6.80. The van der Waals surface area contributed by atoms with Crippen LogP contribution in [-0.2, 0) is 0 Å². The Hall–Kier alpha value is -1.23. The maximum absolute atomic E-state index is 4.56. The smallest absolute Gasteiger partial charge is 0.200 e. The minimum absolute atomic E-state index is 0.554. The van der Waals surface area contributed by atoms with Crippen LogP contribution < -0.4 is 0 Å². The van der Waals surface area contributed by atoms with Crippen LogP contribution in [0.3, 0.4) is 0 Å². The fourth-order valence-corrected chi connectivity index (χ4v) is 2.74. The first-order chi connectivity index (χ1) is 8.34. The van der Waals surface area contributed by atoms with Crippen LogP contribution in [0.5, 0.6) is 0 Å². The van der Waals surface area contributed by atoms with E-state index in [1.807, 2.05) is 12.1 Å². The highest BCUT2D eigenvalue weighted by Crippen LogP contribution is 2.33. The molecule has 2 aromatic rings. The summed E-state index contributed by atoms with van der Waals surface area (Å²) < 4.78 is 0.928. The Kier molecular flexibility index (Phi) is 2.93. The second kappa shape index (κ2) is 4.56. The van der Waals surface area contributed by atoms with Gasteiger partial charge in [0.2, 0.25) is 5.82 Å². The monoisotopic (exact) mass is 292 g/mol. The van der Waals surface area contributed by atoms with Crippen LogP contribution in [0.15, 0.2) is 22.8 Å². The summed E-state index contributed by atoms with van der Waals surface area (Å²) >= 11 is 3.47. The van der Waals surface area contributed by atoms with Crippen molar-refractivity contribution < 1.29 is 0 Å². The van der Waals surface area contributed by atoms with Crippen molar-refractivity contribution in [1.82, 2.24) is 20.2 Å². The zero-order valence-corrected chi connectivity index (χ0v) is 10.9. The number of aromatic nitrogens is 4. The first-order valence-electron chi connectivity index (χ1n) is 5.88. The quantitative estimate of drug-likeness (QED) is 0.924. The number of hydrogen-bond donors (Lipinski definition) is 1. The third-order valence-corrected chi connectivity index (χ3v) is 3.85. The Morgan fingerprint density at radius 3 is 2.88 bits per heavy atom.